The fourth-order valence-electron chi connectivity index (χ4n) is 5.17. The van der Waals surface area contributed by atoms with Crippen molar-refractivity contribution in [3.8, 4) is 11.3 Å². The molecule has 5 rings (SSSR count). The molecule has 1 saturated heterocycles. The lowest BCUT2D eigenvalue weighted by molar-refractivity contribution is -0.132. The highest BCUT2D eigenvalue weighted by atomic mass is 19.1. The molecular weight excluding hydrogens is 431 g/mol. The van der Waals surface area contributed by atoms with Gasteiger partial charge in [-0.15, -0.1) is 0 Å². The molecule has 4 aromatic rings. The maximum atomic E-state index is 14.7. The number of carbonyl (C=O) groups excluding carboxylic acids is 1. The first-order valence-electron chi connectivity index (χ1n) is 11.9. The van der Waals surface area contributed by atoms with Crippen LogP contribution in [-0.4, -0.2) is 69.0 Å². The van der Waals surface area contributed by atoms with Gasteiger partial charge in [0.25, 0.3) is 0 Å². The van der Waals surface area contributed by atoms with Crippen molar-refractivity contribution in [3.63, 3.8) is 0 Å². The Bertz CT molecular complexity index is 1350. The summed E-state index contributed by atoms with van der Waals surface area (Å²) in [4.78, 5) is 23.8. The summed E-state index contributed by atoms with van der Waals surface area (Å²) in [6.45, 7) is 6.38. The molecule has 1 N–H and O–H groups in total. The molecule has 34 heavy (non-hydrogen) atoms. The highest BCUT2D eigenvalue weighted by Crippen LogP contribution is 2.38. The third kappa shape index (κ3) is 4.07. The second kappa shape index (κ2) is 8.83. The molecule has 0 aliphatic carbocycles. The molecule has 0 saturated carbocycles. The molecule has 4 heterocycles. The van der Waals surface area contributed by atoms with Crippen molar-refractivity contribution in [2.45, 2.75) is 38.5 Å². The van der Waals surface area contributed by atoms with Crippen LogP contribution in [0.3, 0.4) is 0 Å². The number of hydrogen-bond acceptors (Lipinski definition) is 4. The number of aromatic nitrogens is 4. The van der Waals surface area contributed by atoms with Crippen LogP contribution in [0.1, 0.15) is 49.7 Å². The second-order valence-electron chi connectivity index (χ2n) is 9.87. The molecule has 0 radical (unpaired) electrons. The van der Waals surface area contributed by atoms with E-state index >= 15 is 0 Å². The standard InChI is InChI=1S/C26H31FN6O/c1-16(2)24-20-11-18(17-7-9-32(10-8-17)23(34)14-31(3)4)5-6-22(20)30-25(24)19-12-21(27)26-28-15-29-33(26)13-19/h5-6,11-13,15-17,30H,7-10,14H2,1-4H3. The van der Waals surface area contributed by atoms with Crippen molar-refractivity contribution in [3.05, 3.63) is 53.7 Å². The van der Waals surface area contributed by atoms with Crippen LogP contribution in [0, 0.1) is 5.82 Å². The number of nitrogens with one attached hydrogen (secondary N) is 1. The highest BCUT2D eigenvalue weighted by molar-refractivity contribution is 5.92. The number of halogens is 1. The summed E-state index contributed by atoms with van der Waals surface area (Å²) in [6.07, 6.45) is 5.12. The van der Waals surface area contributed by atoms with Crippen molar-refractivity contribution >= 4 is 22.5 Å². The predicted octanol–water partition coefficient (Wildman–Crippen LogP) is 4.41. The number of piperidine rings is 1. The van der Waals surface area contributed by atoms with Gasteiger partial charge in [-0.1, -0.05) is 19.9 Å². The average Bonchev–Trinajstić information content (AvgIpc) is 3.43. The van der Waals surface area contributed by atoms with Crippen molar-refractivity contribution in [1.82, 2.24) is 29.4 Å². The molecule has 0 bridgehead atoms. The number of H-pyrrole nitrogens is 1. The van der Waals surface area contributed by atoms with Crippen LogP contribution >= 0.6 is 0 Å². The second-order valence-corrected chi connectivity index (χ2v) is 9.87. The maximum absolute atomic E-state index is 14.7. The van der Waals surface area contributed by atoms with Crippen LogP contribution in [0.4, 0.5) is 4.39 Å². The van der Waals surface area contributed by atoms with Gasteiger partial charge < -0.3 is 14.8 Å². The third-order valence-corrected chi connectivity index (χ3v) is 6.83. The van der Waals surface area contributed by atoms with Crippen LogP contribution in [0.5, 0.6) is 0 Å². The summed E-state index contributed by atoms with van der Waals surface area (Å²) in [5, 5.41) is 5.30. The van der Waals surface area contributed by atoms with Gasteiger partial charge in [0, 0.05) is 35.8 Å². The monoisotopic (exact) mass is 462 g/mol. The SMILES string of the molecule is CC(C)c1c(-c2cc(F)c3ncnn3c2)[nH]c2ccc(C3CCN(C(=O)CN(C)C)CC3)cc12. The lowest BCUT2D eigenvalue weighted by atomic mass is 9.87. The molecule has 1 aromatic carbocycles. The van der Waals surface area contributed by atoms with Crippen LogP contribution in [0.2, 0.25) is 0 Å². The van der Waals surface area contributed by atoms with Gasteiger partial charge in [-0.3, -0.25) is 4.79 Å². The van der Waals surface area contributed by atoms with Crippen LogP contribution in [0.25, 0.3) is 27.8 Å². The Hall–Kier alpha value is -3.26. The Kier molecular flexibility index (Phi) is 5.85. The van der Waals surface area contributed by atoms with Gasteiger partial charge in [0.2, 0.25) is 5.91 Å². The molecule has 1 fully saturated rings. The zero-order chi connectivity index (χ0) is 24.0. The first-order chi connectivity index (χ1) is 16.3. The van der Waals surface area contributed by atoms with Gasteiger partial charge in [0.05, 0.1) is 12.2 Å². The number of aromatic amines is 1. The Labute approximate surface area is 198 Å². The normalized spacial score (nSPS) is 15.3. The number of benzene rings is 1. The molecule has 3 aromatic heterocycles. The third-order valence-electron chi connectivity index (χ3n) is 6.83. The number of amides is 1. The summed E-state index contributed by atoms with van der Waals surface area (Å²) < 4.78 is 16.1. The highest BCUT2D eigenvalue weighted by Gasteiger charge is 2.25. The van der Waals surface area contributed by atoms with Crippen molar-refractivity contribution in [2.24, 2.45) is 0 Å². The van der Waals surface area contributed by atoms with Crippen LogP contribution < -0.4 is 0 Å². The summed E-state index contributed by atoms with van der Waals surface area (Å²) in [7, 11) is 3.85. The van der Waals surface area contributed by atoms with E-state index in [-0.39, 0.29) is 23.3 Å². The zero-order valence-corrected chi connectivity index (χ0v) is 20.2. The van der Waals surface area contributed by atoms with E-state index in [9.17, 15) is 9.18 Å². The largest absolute Gasteiger partial charge is 0.354 e. The quantitative estimate of drug-likeness (QED) is 0.477. The molecule has 1 aliphatic rings. The van der Waals surface area contributed by atoms with E-state index in [1.54, 1.807) is 0 Å². The van der Waals surface area contributed by atoms with Crippen molar-refractivity contribution in [1.29, 1.82) is 0 Å². The number of rotatable bonds is 5. The van der Waals surface area contributed by atoms with Gasteiger partial charge in [0.15, 0.2) is 11.5 Å². The van der Waals surface area contributed by atoms with Crippen LogP contribution in [-0.2, 0) is 4.79 Å². The first-order valence-corrected chi connectivity index (χ1v) is 11.9. The van der Waals surface area contributed by atoms with Gasteiger partial charge in [0.1, 0.15) is 6.33 Å². The molecule has 7 nitrogen and oxygen atoms in total. The molecule has 8 heteroatoms. The number of pyridine rings is 1. The van der Waals surface area contributed by atoms with E-state index in [0.29, 0.717) is 12.5 Å². The van der Waals surface area contributed by atoms with E-state index in [4.69, 9.17) is 0 Å². The topological polar surface area (TPSA) is 69.5 Å². The number of fused-ring (bicyclic) bond motifs is 2. The van der Waals surface area contributed by atoms with E-state index < -0.39 is 0 Å². The molecule has 178 valence electrons. The van der Waals surface area contributed by atoms with E-state index in [2.05, 4.69) is 47.1 Å². The fourth-order valence-corrected chi connectivity index (χ4v) is 5.17. The Morgan fingerprint density at radius 3 is 2.71 bits per heavy atom. The lowest BCUT2D eigenvalue weighted by Crippen LogP contribution is -2.42. The Balaban J connectivity index is 1.47. The van der Waals surface area contributed by atoms with E-state index in [1.807, 2.05) is 30.1 Å². The fraction of sp³-hybridized carbons (Fsp3) is 0.423. The molecule has 0 spiro atoms. The summed E-state index contributed by atoms with van der Waals surface area (Å²) in [5.41, 5.74) is 5.42. The van der Waals surface area contributed by atoms with Gasteiger partial charge in [-0.05, 0) is 68.1 Å². The Morgan fingerprint density at radius 2 is 2.00 bits per heavy atom. The number of carbonyl (C=O) groups is 1. The lowest BCUT2D eigenvalue weighted by Gasteiger charge is -2.33. The molecule has 0 unspecified atom stereocenters. The molecule has 1 amide bonds. The predicted molar refractivity (Wildman–Crippen MR) is 131 cm³/mol. The number of nitrogens with zero attached hydrogens (tertiary/aromatic N) is 5. The summed E-state index contributed by atoms with van der Waals surface area (Å²) >= 11 is 0. The van der Waals surface area contributed by atoms with Crippen molar-refractivity contribution in [2.75, 3.05) is 33.7 Å². The number of likely N-dealkylation sites (N-methyl/N-ethyl adjacent to an activating group) is 1. The maximum Gasteiger partial charge on any atom is 0.236 e. The minimum absolute atomic E-state index is 0.202. The van der Waals surface area contributed by atoms with Crippen molar-refractivity contribution < 1.29 is 9.18 Å². The minimum atomic E-state index is -0.389. The zero-order valence-electron chi connectivity index (χ0n) is 20.2. The molecule has 1 aliphatic heterocycles. The van der Waals surface area contributed by atoms with E-state index in [1.165, 1.54) is 33.4 Å². The Morgan fingerprint density at radius 1 is 1.24 bits per heavy atom. The average molecular weight is 463 g/mol. The number of hydrogen-bond donors (Lipinski definition) is 1. The smallest absolute Gasteiger partial charge is 0.236 e. The molecular formula is C26H31FN6O. The van der Waals surface area contributed by atoms with Gasteiger partial charge in [-0.25, -0.2) is 13.9 Å². The van der Waals surface area contributed by atoms with Gasteiger partial charge >= 0.3 is 0 Å². The number of likely N-dealkylation sites (tertiary alicyclic amines) is 1. The minimum Gasteiger partial charge on any atom is -0.354 e. The van der Waals surface area contributed by atoms with E-state index in [0.717, 1.165) is 42.7 Å². The van der Waals surface area contributed by atoms with Gasteiger partial charge in [-0.2, -0.15) is 5.10 Å². The summed E-state index contributed by atoms with van der Waals surface area (Å²) in [5.74, 6) is 0.488. The first kappa shape index (κ1) is 22.5. The summed E-state index contributed by atoms with van der Waals surface area (Å²) in [6, 6.07) is 8.14. The molecule has 0 atom stereocenters. The van der Waals surface area contributed by atoms with Crippen LogP contribution in [0.15, 0.2) is 36.8 Å².